The highest BCUT2D eigenvalue weighted by molar-refractivity contribution is 6.00. The van der Waals surface area contributed by atoms with Gasteiger partial charge in [0, 0.05) is 18.8 Å². The van der Waals surface area contributed by atoms with Crippen LogP contribution in [-0.4, -0.2) is 48.6 Å². The second kappa shape index (κ2) is 9.16. The Balaban J connectivity index is 1.61. The van der Waals surface area contributed by atoms with E-state index in [-0.39, 0.29) is 11.9 Å². The number of ether oxygens (including phenoxy) is 2. The summed E-state index contributed by atoms with van der Waals surface area (Å²) in [4.78, 5) is 30.2. The molecule has 6 nitrogen and oxygen atoms in total. The highest BCUT2D eigenvalue weighted by Crippen LogP contribution is 2.26. The fourth-order valence-electron chi connectivity index (χ4n) is 4.07. The molecule has 3 rings (SSSR count). The summed E-state index contributed by atoms with van der Waals surface area (Å²) >= 11 is 0. The largest absolute Gasteiger partial charge is 0.497 e. The maximum Gasteiger partial charge on any atom is 0.340 e. The standard InChI is InChI=1S/C23H30N2O4/c1-5-29-23(27)20-15(2)21(24-16(20)3)22(26)25-12-10-18(11-13-25)14-17-6-8-19(28-4)9-7-17/h6-9,18,24H,5,10-14H2,1-4H3. The second-order valence-electron chi connectivity index (χ2n) is 7.63. The number of hydrogen-bond donors (Lipinski definition) is 1. The van der Waals surface area contributed by atoms with E-state index in [1.54, 1.807) is 27.9 Å². The lowest BCUT2D eigenvalue weighted by Crippen LogP contribution is -2.39. The van der Waals surface area contributed by atoms with Crippen LogP contribution < -0.4 is 4.74 Å². The van der Waals surface area contributed by atoms with Crippen molar-refractivity contribution in [2.45, 2.75) is 40.0 Å². The minimum Gasteiger partial charge on any atom is -0.497 e. The summed E-state index contributed by atoms with van der Waals surface area (Å²) in [6.45, 7) is 7.15. The SMILES string of the molecule is CCOC(=O)c1c(C)[nH]c(C(=O)N2CCC(Cc3ccc(OC)cc3)CC2)c1C. The van der Waals surface area contributed by atoms with Gasteiger partial charge in [-0.3, -0.25) is 4.79 Å². The molecule has 29 heavy (non-hydrogen) atoms. The maximum absolute atomic E-state index is 13.0. The highest BCUT2D eigenvalue weighted by Gasteiger charge is 2.28. The van der Waals surface area contributed by atoms with E-state index in [0.29, 0.717) is 35.0 Å². The number of aromatic nitrogens is 1. The third-order valence-corrected chi connectivity index (χ3v) is 5.72. The van der Waals surface area contributed by atoms with Gasteiger partial charge in [0.15, 0.2) is 0 Å². The minimum absolute atomic E-state index is 0.0379. The molecule has 1 aromatic heterocycles. The Labute approximate surface area is 172 Å². The summed E-state index contributed by atoms with van der Waals surface area (Å²) in [5.74, 6) is 1.02. The summed E-state index contributed by atoms with van der Waals surface area (Å²) in [5.41, 5.74) is 3.62. The highest BCUT2D eigenvalue weighted by atomic mass is 16.5. The lowest BCUT2D eigenvalue weighted by Gasteiger charge is -2.32. The fourth-order valence-corrected chi connectivity index (χ4v) is 4.07. The predicted octanol–water partition coefficient (Wildman–Crippen LogP) is 3.91. The second-order valence-corrected chi connectivity index (χ2v) is 7.63. The Morgan fingerprint density at radius 3 is 2.38 bits per heavy atom. The van der Waals surface area contributed by atoms with Gasteiger partial charge in [0.1, 0.15) is 11.4 Å². The number of piperidine rings is 1. The van der Waals surface area contributed by atoms with Crippen LogP contribution in [-0.2, 0) is 11.2 Å². The van der Waals surface area contributed by atoms with Crippen LogP contribution in [0.2, 0.25) is 0 Å². The molecule has 0 unspecified atom stereocenters. The molecule has 0 radical (unpaired) electrons. The van der Waals surface area contributed by atoms with Gasteiger partial charge < -0.3 is 19.4 Å². The maximum atomic E-state index is 13.0. The van der Waals surface area contributed by atoms with E-state index in [0.717, 1.165) is 38.1 Å². The summed E-state index contributed by atoms with van der Waals surface area (Å²) in [6, 6.07) is 8.20. The van der Waals surface area contributed by atoms with Gasteiger partial charge in [-0.15, -0.1) is 0 Å². The molecule has 156 valence electrons. The lowest BCUT2D eigenvalue weighted by molar-refractivity contribution is 0.0525. The number of rotatable bonds is 6. The molecule has 2 aromatic rings. The van der Waals surface area contributed by atoms with Crippen molar-refractivity contribution < 1.29 is 19.1 Å². The van der Waals surface area contributed by atoms with Crippen LogP contribution in [0.25, 0.3) is 0 Å². The minimum atomic E-state index is -0.379. The number of benzene rings is 1. The molecule has 1 aliphatic rings. The van der Waals surface area contributed by atoms with Gasteiger partial charge in [-0.25, -0.2) is 4.79 Å². The smallest absolute Gasteiger partial charge is 0.340 e. The zero-order valence-electron chi connectivity index (χ0n) is 17.7. The third-order valence-electron chi connectivity index (χ3n) is 5.72. The Bertz CT molecular complexity index is 862. The van der Waals surface area contributed by atoms with Crippen LogP contribution in [0, 0.1) is 19.8 Å². The van der Waals surface area contributed by atoms with E-state index in [9.17, 15) is 9.59 Å². The van der Waals surface area contributed by atoms with Gasteiger partial charge in [-0.2, -0.15) is 0 Å². The Kier molecular flexibility index (Phi) is 6.62. The number of amides is 1. The number of nitrogens with zero attached hydrogens (tertiary/aromatic N) is 1. The van der Waals surface area contributed by atoms with Crippen molar-refractivity contribution in [1.82, 2.24) is 9.88 Å². The van der Waals surface area contributed by atoms with Crippen LogP contribution in [0.3, 0.4) is 0 Å². The Morgan fingerprint density at radius 1 is 1.14 bits per heavy atom. The van der Waals surface area contributed by atoms with Gasteiger partial charge in [0.05, 0.1) is 19.3 Å². The van der Waals surface area contributed by atoms with Crippen LogP contribution in [0.5, 0.6) is 5.75 Å². The molecule has 0 atom stereocenters. The van der Waals surface area contributed by atoms with Crippen LogP contribution >= 0.6 is 0 Å². The van der Waals surface area contributed by atoms with Gasteiger partial charge in [0.2, 0.25) is 0 Å². The number of aryl methyl sites for hydroxylation is 1. The van der Waals surface area contributed by atoms with E-state index < -0.39 is 0 Å². The fraction of sp³-hybridized carbons (Fsp3) is 0.478. The average Bonchev–Trinajstić information content (AvgIpc) is 3.03. The molecule has 1 N–H and O–H groups in total. The van der Waals surface area contributed by atoms with E-state index in [1.807, 2.05) is 17.0 Å². The topological polar surface area (TPSA) is 71.6 Å². The van der Waals surface area contributed by atoms with E-state index in [2.05, 4.69) is 17.1 Å². The molecule has 0 saturated carbocycles. The monoisotopic (exact) mass is 398 g/mol. The first kappa shape index (κ1) is 21.0. The number of carbonyl (C=O) groups excluding carboxylic acids is 2. The Hall–Kier alpha value is -2.76. The number of esters is 1. The van der Waals surface area contributed by atoms with Crippen molar-refractivity contribution in [2.24, 2.45) is 5.92 Å². The van der Waals surface area contributed by atoms with Gasteiger partial charge in [-0.05, 0) is 69.2 Å². The number of methoxy groups -OCH3 is 1. The van der Waals surface area contributed by atoms with Gasteiger partial charge in [-0.1, -0.05) is 12.1 Å². The number of nitrogens with one attached hydrogen (secondary N) is 1. The van der Waals surface area contributed by atoms with Crippen LogP contribution in [0.15, 0.2) is 24.3 Å². The molecule has 0 spiro atoms. The number of aromatic amines is 1. The first-order valence-electron chi connectivity index (χ1n) is 10.2. The molecule has 6 heteroatoms. The zero-order valence-corrected chi connectivity index (χ0v) is 17.7. The summed E-state index contributed by atoms with van der Waals surface area (Å²) in [6.07, 6.45) is 2.96. The third kappa shape index (κ3) is 4.63. The first-order valence-corrected chi connectivity index (χ1v) is 10.2. The number of carbonyl (C=O) groups is 2. The van der Waals surface area contributed by atoms with Crippen LogP contribution in [0.1, 0.15) is 57.4 Å². The summed E-state index contributed by atoms with van der Waals surface area (Å²) in [5, 5.41) is 0. The molecule has 0 bridgehead atoms. The molecule has 0 aliphatic carbocycles. The lowest BCUT2D eigenvalue weighted by atomic mass is 9.90. The van der Waals surface area contributed by atoms with Crippen molar-refractivity contribution >= 4 is 11.9 Å². The van der Waals surface area contributed by atoms with Crippen molar-refractivity contribution in [2.75, 3.05) is 26.8 Å². The first-order chi connectivity index (χ1) is 13.9. The molecule has 2 heterocycles. The predicted molar refractivity (Wildman–Crippen MR) is 112 cm³/mol. The van der Waals surface area contributed by atoms with E-state index >= 15 is 0 Å². The van der Waals surface area contributed by atoms with Crippen molar-refractivity contribution in [3.63, 3.8) is 0 Å². The summed E-state index contributed by atoms with van der Waals surface area (Å²) in [7, 11) is 1.67. The number of H-pyrrole nitrogens is 1. The molecule has 1 aromatic carbocycles. The molecule has 1 saturated heterocycles. The molecular weight excluding hydrogens is 368 g/mol. The molecule has 1 aliphatic heterocycles. The van der Waals surface area contributed by atoms with Gasteiger partial charge in [0.25, 0.3) is 5.91 Å². The molecule has 1 fully saturated rings. The Morgan fingerprint density at radius 2 is 1.79 bits per heavy atom. The van der Waals surface area contributed by atoms with E-state index in [1.165, 1.54) is 5.56 Å². The quantitative estimate of drug-likeness (QED) is 0.749. The van der Waals surface area contributed by atoms with Crippen molar-refractivity contribution in [3.8, 4) is 5.75 Å². The normalized spacial score (nSPS) is 14.7. The van der Waals surface area contributed by atoms with Gasteiger partial charge >= 0.3 is 5.97 Å². The van der Waals surface area contributed by atoms with E-state index in [4.69, 9.17) is 9.47 Å². The molecule has 1 amide bonds. The number of hydrogen-bond acceptors (Lipinski definition) is 4. The molecular formula is C23H30N2O4. The zero-order chi connectivity index (χ0) is 21.0. The van der Waals surface area contributed by atoms with Crippen molar-refractivity contribution in [3.05, 3.63) is 52.3 Å². The van der Waals surface area contributed by atoms with Crippen molar-refractivity contribution in [1.29, 1.82) is 0 Å². The summed E-state index contributed by atoms with van der Waals surface area (Å²) < 4.78 is 10.3. The number of likely N-dealkylation sites (tertiary alicyclic amines) is 1. The van der Waals surface area contributed by atoms with Crippen LogP contribution in [0.4, 0.5) is 0 Å². The average molecular weight is 399 g/mol.